The van der Waals surface area contributed by atoms with Crippen LogP contribution in [-0.2, 0) is 26.2 Å². The molecule has 1 saturated carbocycles. The van der Waals surface area contributed by atoms with E-state index >= 15 is 0 Å². The SMILES string of the molecule is COC(=O)[C@H](CC(=O)N(C)C)c1ccc2c(c1)N(CC1CCC1)C[C@@]1(CCCc3cc(Cl)ccc31)CO2. The van der Waals surface area contributed by atoms with Gasteiger partial charge in [-0.2, -0.15) is 0 Å². The number of carbonyl (C=O) groups is 2. The fourth-order valence-electron chi connectivity index (χ4n) is 6.17. The summed E-state index contributed by atoms with van der Waals surface area (Å²) in [4.78, 5) is 29.3. The number of anilines is 1. The Morgan fingerprint density at radius 1 is 1.19 bits per heavy atom. The molecular formula is C30H37ClN2O4. The lowest BCUT2D eigenvalue weighted by Gasteiger charge is -2.42. The van der Waals surface area contributed by atoms with E-state index in [9.17, 15) is 9.59 Å². The van der Waals surface area contributed by atoms with Gasteiger partial charge in [0.05, 0.1) is 25.3 Å². The summed E-state index contributed by atoms with van der Waals surface area (Å²) in [7, 11) is 4.79. The van der Waals surface area contributed by atoms with Gasteiger partial charge in [-0.15, -0.1) is 0 Å². The monoisotopic (exact) mass is 524 g/mol. The van der Waals surface area contributed by atoms with Gasteiger partial charge in [0.15, 0.2) is 0 Å². The maximum atomic E-state index is 12.8. The van der Waals surface area contributed by atoms with Gasteiger partial charge < -0.3 is 19.3 Å². The number of esters is 1. The van der Waals surface area contributed by atoms with Crippen LogP contribution in [0.2, 0.25) is 5.02 Å². The highest BCUT2D eigenvalue weighted by atomic mass is 35.5. The fourth-order valence-corrected chi connectivity index (χ4v) is 6.37. The van der Waals surface area contributed by atoms with Crippen LogP contribution in [0.1, 0.15) is 61.1 Å². The third-order valence-corrected chi connectivity index (χ3v) is 8.77. The largest absolute Gasteiger partial charge is 0.490 e. The predicted molar refractivity (Wildman–Crippen MR) is 146 cm³/mol. The lowest BCUT2D eigenvalue weighted by molar-refractivity contribution is -0.145. The molecule has 1 amide bonds. The van der Waals surface area contributed by atoms with Crippen LogP contribution in [-0.4, -0.2) is 57.7 Å². The molecule has 0 saturated heterocycles. The number of benzene rings is 2. The molecule has 2 atom stereocenters. The van der Waals surface area contributed by atoms with Crippen LogP contribution in [0.3, 0.4) is 0 Å². The normalized spacial score (nSPS) is 21.7. The minimum Gasteiger partial charge on any atom is -0.490 e. The van der Waals surface area contributed by atoms with E-state index in [0.717, 1.165) is 54.4 Å². The quantitative estimate of drug-likeness (QED) is 0.477. The minimum absolute atomic E-state index is 0.0695. The van der Waals surface area contributed by atoms with Gasteiger partial charge in [-0.1, -0.05) is 30.2 Å². The van der Waals surface area contributed by atoms with Gasteiger partial charge in [0.2, 0.25) is 5.91 Å². The number of halogens is 1. The number of fused-ring (bicyclic) bond motifs is 3. The van der Waals surface area contributed by atoms with Crippen LogP contribution in [0.25, 0.3) is 0 Å². The first-order valence-electron chi connectivity index (χ1n) is 13.4. The summed E-state index contributed by atoms with van der Waals surface area (Å²) in [6.45, 7) is 2.42. The molecule has 6 nitrogen and oxygen atoms in total. The topological polar surface area (TPSA) is 59.1 Å². The van der Waals surface area contributed by atoms with Crippen molar-refractivity contribution in [1.82, 2.24) is 4.90 Å². The van der Waals surface area contributed by atoms with Crippen LogP contribution in [0.15, 0.2) is 36.4 Å². The van der Waals surface area contributed by atoms with Gasteiger partial charge in [-0.05, 0) is 79.0 Å². The minimum atomic E-state index is -0.662. The van der Waals surface area contributed by atoms with Crippen LogP contribution in [0.4, 0.5) is 5.69 Å². The highest BCUT2D eigenvalue weighted by Crippen LogP contribution is 2.46. The molecule has 3 aliphatic rings. The van der Waals surface area contributed by atoms with Gasteiger partial charge in [0.25, 0.3) is 0 Å². The summed E-state index contributed by atoms with van der Waals surface area (Å²) < 4.78 is 11.7. The second-order valence-corrected chi connectivity index (χ2v) is 11.6. The number of methoxy groups -OCH3 is 1. The molecule has 0 aromatic heterocycles. The van der Waals surface area contributed by atoms with Crippen molar-refractivity contribution < 1.29 is 19.1 Å². The number of ether oxygens (including phenoxy) is 2. The molecule has 0 bridgehead atoms. The van der Waals surface area contributed by atoms with Gasteiger partial charge in [0, 0.05) is 44.0 Å². The van der Waals surface area contributed by atoms with Crippen molar-refractivity contribution in [3.63, 3.8) is 0 Å². The molecule has 0 unspecified atom stereocenters. The Morgan fingerprint density at radius 2 is 2.00 bits per heavy atom. The highest BCUT2D eigenvalue weighted by molar-refractivity contribution is 6.30. The fraction of sp³-hybridized carbons (Fsp3) is 0.533. The first-order valence-corrected chi connectivity index (χ1v) is 13.8. The third-order valence-electron chi connectivity index (χ3n) is 8.53. The summed E-state index contributed by atoms with van der Waals surface area (Å²) in [5.74, 6) is 0.329. The standard InChI is InChI=1S/C30H37ClN2O4/c1-32(2)28(34)16-24(29(35)36-3)21-9-12-27-26(15-21)33(17-20-6-4-7-20)18-30(19-37-27)13-5-8-22-14-23(31)10-11-25(22)30/h9-12,14-15,20,24H,4-8,13,16-19H2,1-3H3/t24-,30+/m1/s1. The summed E-state index contributed by atoms with van der Waals surface area (Å²) in [6, 6.07) is 12.3. The Hall–Kier alpha value is -2.73. The van der Waals surface area contributed by atoms with Crippen LogP contribution in [0, 0.1) is 5.92 Å². The summed E-state index contributed by atoms with van der Waals surface area (Å²) >= 11 is 6.37. The van der Waals surface area contributed by atoms with Crippen molar-refractivity contribution >= 4 is 29.2 Å². The zero-order valence-electron chi connectivity index (χ0n) is 22.1. The maximum Gasteiger partial charge on any atom is 0.313 e. The molecular weight excluding hydrogens is 488 g/mol. The van der Waals surface area contributed by atoms with E-state index < -0.39 is 11.9 Å². The van der Waals surface area contributed by atoms with Crippen molar-refractivity contribution in [3.8, 4) is 5.75 Å². The lowest BCUT2D eigenvalue weighted by Crippen LogP contribution is -2.47. The highest BCUT2D eigenvalue weighted by Gasteiger charge is 2.42. The summed E-state index contributed by atoms with van der Waals surface area (Å²) in [5.41, 5.74) is 4.34. The number of rotatable bonds is 6. The molecule has 1 aliphatic heterocycles. The molecule has 1 fully saturated rings. The van der Waals surface area contributed by atoms with E-state index in [1.54, 1.807) is 14.1 Å². The maximum absolute atomic E-state index is 12.8. The number of hydrogen-bond acceptors (Lipinski definition) is 5. The Kier molecular flexibility index (Phi) is 7.39. The summed E-state index contributed by atoms with van der Waals surface area (Å²) in [5, 5.41) is 0.783. The Bertz CT molecular complexity index is 1180. The van der Waals surface area contributed by atoms with Gasteiger partial charge in [0.1, 0.15) is 5.75 Å². The van der Waals surface area contributed by atoms with Crippen LogP contribution >= 0.6 is 11.6 Å². The molecule has 1 spiro atoms. The number of nitrogens with zero attached hydrogens (tertiary/aromatic N) is 2. The number of amides is 1. The third kappa shape index (κ3) is 5.18. The molecule has 5 rings (SSSR count). The lowest BCUT2D eigenvalue weighted by atomic mass is 9.70. The Labute approximate surface area is 224 Å². The molecule has 1 heterocycles. The van der Waals surface area contributed by atoms with Crippen molar-refractivity contribution in [2.75, 3.05) is 45.8 Å². The molecule has 37 heavy (non-hydrogen) atoms. The average molecular weight is 525 g/mol. The first kappa shape index (κ1) is 25.9. The van der Waals surface area contributed by atoms with E-state index in [0.29, 0.717) is 12.5 Å². The van der Waals surface area contributed by atoms with E-state index in [4.69, 9.17) is 21.1 Å². The van der Waals surface area contributed by atoms with Crippen molar-refractivity contribution in [3.05, 3.63) is 58.1 Å². The van der Waals surface area contributed by atoms with Crippen molar-refractivity contribution in [1.29, 1.82) is 0 Å². The van der Waals surface area contributed by atoms with Gasteiger partial charge in [-0.25, -0.2) is 0 Å². The zero-order valence-corrected chi connectivity index (χ0v) is 22.9. The van der Waals surface area contributed by atoms with E-state index in [1.165, 1.54) is 42.4 Å². The van der Waals surface area contributed by atoms with Crippen molar-refractivity contribution in [2.45, 2.75) is 56.3 Å². The van der Waals surface area contributed by atoms with Crippen molar-refractivity contribution in [2.24, 2.45) is 5.92 Å². The first-order chi connectivity index (χ1) is 17.8. The van der Waals surface area contributed by atoms with Crippen LogP contribution in [0.5, 0.6) is 5.75 Å². The number of aryl methyl sites for hydroxylation is 1. The Balaban J connectivity index is 1.54. The molecule has 0 N–H and O–H groups in total. The smallest absolute Gasteiger partial charge is 0.313 e. The zero-order chi connectivity index (χ0) is 26.2. The van der Waals surface area contributed by atoms with E-state index in [-0.39, 0.29) is 17.7 Å². The van der Waals surface area contributed by atoms with Gasteiger partial charge in [-0.3, -0.25) is 9.59 Å². The van der Waals surface area contributed by atoms with Gasteiger partial charge >= 0.3 is 5.97 Å². The second kappa shape index (κ2) is 10.6. The molecule has 2 aromatic carbocycles. The van der Waals surface area contributed by atoms with Crippen LogP contribution < -0.4 is 9.64 Å². The summed E-state index contributed by atoms with van der Waals surface area (Å²) in [6.07, 6.45) is 7.04. The van der Waals surface area contributed by atoms with E-state index in [2.05, 4.69) is 23.1 Å². The Morgan fingerprint density at radius 3 is 2.70 bits per heavy atom. The second-order valence-electron chi connectivity index (χ2n) is 11.2. The average Bonchev–Trinajstić information content (AvgIpc) is 3.01. The molecule has 2 aliphatic carbocycles. The molecule has 198 valence electrons. The predicted octanol–water partition coefficient (Wildman–Crippen LogP) is 5.35. The van der Waals surface area contributed by atoms with E-state index in [1.807, 2.05) is 18.2 Å². The molecule has 0 radical (unpaired) electrons. The number of hydrogen-bond donors (Lipinski definition) is 0. The molecule has 7 heteroatoms. The molecule has 2 aromatic rings. The number of carbonyl (C=O) groups excluding carboxylic acids is 2.